The van der Waals surface area contributed by atoms with Crippen molar-refractivity contribution >= 4 is 31.9 Å². The zero-order valence-corrected chi connectivity index (χ0v) is 10.9. The van der Waals surface area contributed by atoms with Crippen LogP contribution < -0.4 is 5.73 Å². The normalized spacial score (nSPS) is 10.6. The molecule has 0 aliphatic carbocycles. The summed E-state index contributed by atoms with van der Waals surface area (Å²) in [5.74, 6) is 0.722. The number of hydrogen-bond donors (Lipinski definition) is 1. The fourth-order valence-corrected chi connectivity index (χ4v) is 2.63. The monoisotopic (exact) mass is 330 g/mol. The highest BCUT2D eigenvalue weighted by Crippen LogP contribution is 2.29. The van der Waals surface area contributed by atoms with Gasteiger partial charge in [0.15, 0.2) is 12.2 Å². The van der Waals surface area contributed by atoms with Crippen LogP contribution in [0.2, 0.25) is 0 Å². The first-order valence-electron chi connectivity index (χ1n) is 4.29. The minimum Gasteiger partial charge on any atom is -0.443 e. The number of nitrogens with two attached hydrogens (primary N) is 1. The summed E-state index contributed by atoms with van der Waals surface area (Å²) in [5.41, 5.74) is 7.28. The van der Waals surface area contributed by atoms with E-state index in [0.717, 1.165) is 26.0 Å². The summed E-state index contributed by atoms with van der Waals surface area (Å²) in [6.07, 6.45) is 1.41. The van der Waals surface area contributed by atoms with Crippen LogP contribution in [-0.2, 0) is 6.54 Å². The number of rotatable bonds is 2. The molecule has 0 saturated heterocycles. The smallest absolute Gasteiger partial charge is 0.181 e. The van der Waals surface area contributed by atoms with Gasteiger partial charge in [0.1, 0.15) is 5.69 Å². The lowest BCUT2D eigenvalue weighted by Crippen LogP contribution is -1.98. The van der Waals surface area contributed by atoms with E-state index in [-0.39, 0.29) is 0 Å². The number of halogens is 2. The van der Waals surface area contributed by atoms with E-state index >= 15 is 0 Å². The van der Waals surface area contributed by atoms with Gasteiger partial charge in [-0.15, -0.1) is 0 Å². The number of hydrogen-bond acceptors (Lipinski definition) is 3. The largest absolute Gasteiger partial charge is 0.443 e. The van der Waals surface area contributed by atoms with Crippen LogP contribution in [0.4, 0.5) is 0 Å². The van der Waals surface area contributed by atoms with Crippen LogP contribution in [0.15, 0.2) is 38.0 Å². The molecule has 0 amide bonds. The van der Waals surface area contributed by atoms with E-state index in [1.807, 2.05) is 18.2 Å². The molecule has 0 radical (unpaired) electrons. The number of benzene rings is 1. The molecule has 15 heavy (non-hydrogen) atoms. The third kappa shape index (κ3) is 2.30. The first-order chi connectivity index (χ1) is 7.20. The minimum absolute atomic E-state index is 0.371. The Balaban J connectivity index is 2.53. The van der Waals surface area contributed by atoms with Crippen molar-refractivity contribution in [2.45, 2.75) is 6.54 Å². The Labute approximate surface area is 104 Å². The zero-order chi connectivity index (χ0) is 10.8. The maximum atomic E-state index is 5.56. The van der Waals surface area contributed by atoms with Crippen molar-refractivity contribution in [3.63, 3.8) is 0 Å². The Morgan fingerprint density at radius 2 is 1.87 bits per heavy atom. The Bertz CT molecular complexity index is 462. The average molecular weight is 332 g/mol. The molecule has 0 atom stereocenters. The van der Waals surface area contributed by atoms with Crippen LogP contribution in [0.5, 0.6) is 0 Å². The van der Waals surface area contributed by atoms with Gasteiger partial charge < -0.3 is 10.2 Å². The summed E-state index contributed by atoms with van der Waals surface area (Å²) in [6.45, 7) is 0.371. The molecule has 2 N–H and O–H groups in total. The molecule has 2 rings (SSSR count). The van der Waals surface area contributed by atoms with Crippen molar-refractivity contribution in [1.82, 2.24) is 4.98 Å². The first-order valence-corrected chi connectivity index (χ1v) is 5.88. The Hall–Kier alpha value is -0.650. The Morgan fingerprint density at radius 1 is 1.20 bits per heavy atom. The maximum Gasteiger partial charge on any atom is 0.181 e. The standard InChI is InChI=1S/C10H8Br2N2O/c11-7-1-6(2-8(12)3-7)10-9(4-13)14-5-15-10/h1-3,5H,4,13H2. The molecule has 1 heterocycles. The number of oxazole rings is 1. The SMILES string of the molecule is NCc1ncoc1-c1cc(Br)cc(Br)c1. The molecule has 5 heteroatoms. The van der Waals surface area contributed by atoms with Crippen LogP contribution in [-0.4, -0.2) is 4.98 Å². The highest BCUT2D eigenvalue weighted by Gasteiger charge is 2.10. The van der Waals surface area contributed by atoms with E-state index in [2.05, 4.69) is 36.8 Å². The summed E-state index contributed by atoms with van der Waals surface area (Å²) < 4.78 is 7.27. The van der Waals surface area contributed by atoms with Gasteiger partial charge in [0.25, 0.3) is 0 Å². The second-order valence-corrected chi connectivity index (χ2v) is 4.82. The highest BCUT2D eigenvalue weighted by atomic mass is 79.9. The van der Waals surface area contributed by atoms with Gasteiger partial charge in [0.2, 0.25) is 0 Å². The lowest BCUT2D eigenvalue weighted by atomic mass is 10.1. The second kappa shape index (κ2) is 4.47. The van der Waals surface area contributed by atoms with Crippen LogP contribution in [0, 0.1) is 0 Å². The molecule has 0 aliphatic rings. The second-order valence-electron chi connectivity index (χ2n) is 2.99. The molecule has 0 fully saturated rings. The lowest BCUT2D eigenvalue weighted by molar-refractivity contribution is 0.571. The van der Waals surface area contributed by atoms with Crippen molar-refractivity contribution in [3.8, 4) is 11.3 Å². The van der Waals surface area contributed by atoms with Crippen LogP contribution in [0.3, 0.4) is 0 Å². The molecule has 0 unspecified atom stereocenters. The van der Waals surface area contributed by atoms with E-state index in [4.69, 9.17) is 10.2 Å². The van der Waals surface area contributed by atoms with Gasteiger partial charge in [-0.05, 0) is 18.2 Å². The third-order valence-corrected chi connectivity index (χ3v) is 2.87. The van der Waals surface area contributed by atoms with Crippen LogP contribution in [0.25, 0.3) is 11.3 Å². The van der Waals surface area contributed by atoms with E-state index in [1.54, 1.807) is 0 Å². The van der Waals surface area contributed by atoms with Crippen molar-refractivity contribution < 1.29 is 4.42 Å². The van der Waals surface area contributed by atoms with Gasteiger partial charge in [-0.1, -0.05) is 31.9 Å². The van der Waals surface area contributed by atoms with Crippen molar-refractivity contribution in [2.75, 3.05) is 0 Å². The fraction of sp³-hybridized carbons (Fsp3) is 0.100. The molecular weight excluding hydrogens is 324 g/mol. The molecule has 1 aromatic carbocycles. The van der Waals surface area contributed by atoms with E-state index in [9.17, 15) is 0 Å². The topological polar surface area (TPSA) is 52.0 Å². The average Bonchev–Trinajstić information content (AvgIpc) is 2.63. The summed E-state index contributed by atoms with van der Waals surface area (Å²) in [6, 6.07) is 5.89. The molecule has 1 aromatic heterocycles. The fourth-order valence-electron chi connectivity index (χ4n) is 1.33. The Morgan fingerprint density at radius 3 is 2.47 bits per heavy atom. The number of nitrogens with zero attached hydrogens (tertiary/aromatic N) is 1. The van der Waals surface area contributed by atoms with E-state index in [1.165, 1.54) is 6.39 Å². The van der Waals surface area contributed by atoms with Crippen molar-refractivity contribution in [2.24, 2.45) is 5.73 Å². The Kier molecular flexibility index (Phi) is 3.23. The predicted molar refractivity (Wildman–Crippen MR) is 65.2 cm³/mol. The van der Waals surface area contributed by atoms with Gasteiger partial charge >= 0.3 is 0 Å². The third-order valence-electron chi connectivity index (χ3n) is 1.96. The lowest BCUT2D eigenvalue weighted by Gasteiger charge is -2.01. The molecule has 2 aromatic rings. The van der Waals surface area contributed by atoms with E-state index in [0.29, 0.717) is 6.54 Å². The van der Waals surface area contributed by atoms with E-state index < -0.39 is 0 Å². The molecule has 78 valence electrons. The molecule has 0 saturated carbocycles. The van der Waals surface area contributed by atoms with Crippen molar-refractivity contribution in [3.05, 3.63) is 39.2 Å². The van der Waals surface area contributed by atoms with Gasteiger partial charge in [-0.25, -0.2) is 4.98 Å². The molecule has 0 aliphatic heterocycles. The quantitative estimate of drug-likeness (QED) is 0.918. The van der Waals surface area contributed by atoms with Gasteiger partial charge in [-0.3, -0.25) is 0 Å². The number of aromatic nitrogens is 1. The minimum atomic E-state index is 0.371. The maximum absolute atomic E-state index is 5.56. The summed E-state index contributed by atoms with van der Waals surface area (Å²) in [7, 11) is 0. The molecule has 0 spiro atoms. The summed E-state index contributed by atoms with van der Waals surface area (Å²) in [4.78, 5) is 4.05. The van der Waals surface area contributed by atoms with Crippen LogP contribution in [0.1, 0.15) is 5.69 Å². The molecule has 0 bridgehead atoms. The zero-order valence-electron chi connectivity index (χ0n) is 7.71. The summed E-state index contributed by atoms with van der Waals surface area (Å²) >= 11 is 6.84. The summed E-state index contributed by atoms with van der Waals surface area (Å²) in [5, 5.41) is 0. The van der Waals surface area contributed by atoms with Crippen LogP contribution >= 0.6 is 31.9 Å². The molecular formula is C10H8Br2N2O. The van der Waals surface area contributed by atoms with Gasteiger partial charge in [0, 0.05) is 21.1 Å². The van der Waals surface area contributed by atoms with Gasteiger partial charge in [0.05, 0.1) is 0 Å². The van der Waals surface area contributed by atoms with Gasteiger partial charge in [-0.2, -0.15) is 0 Å². The highest BCUT2D eigenvalue weighted by molar-refractivity contribution is 9.11. The first kappa shape index (κ1) is 10.9. The van der Waals surface area contributed by atoms with Crippen molar-refractivity contribution in [1.29, 1.82) is 0 Å². The predicted octanol–water partition coefficient (Wildman–Crippen LogP) is 3.33. The molecule has 3 nitrogen and oxygen atoms in total.